The van der Waals surface area contributed by atoms with Gasteiger partial charge < -0.3 is 0 Å². The summed E-state index contributed by atoms with van der Waals surface area (Å²) in [7, 11) is 0. The monoisotopic (exact) mass is 166 g/mol. The highest BCUT2D eigenvalue weighted by Gasteiger charge is 2.24. The van der Waals surface area contributed by atoms with Crippen LogP contribution in [0.2, 0.25) is 0 Å². The highest BCUT2D eigenvalue weighted by atomic mass is 15.1. The fourth-order valence-electron chi connectivity index (χ4n) is 1.39. The molecular formula is C10H18N2. The Balaban J connectivity index is 2.22. The fourth-order valence-corrected chi connectivity index (χ4v) is 1.39. The standard InChI is InChI=1S/C10H18N2/c1-9(2)12(7-3-6-11)8-10-4-5-10/h9-10H,3-5,7-8H2,1-2H3. The second-order valence-electron chi connectivity index (χ2n) is 3.94. The molecule has 1 aliphatic rings. The van der Waals surface area contributed by atoms with Gasteiger partial charge in [-0.05, 0) is 32.6 Å². The van der Waals surface area contributed by atoms with Gasteiger partial charge in [-0.1, -0.05) is 0 Å². The maximum atomic E-state index is 8.47. The molecule has 0 atom stereocenters. The largest absolute Gasteiger partial charge is 0.300 e. The number of nitriles is 1. The van der Waals surface area contributed by atoms with Gasteiger partial charge in [0.05, 0.1) is 6.07 Å². The first-order valence-corrected chi connectivity index (χ1v) is 4.85. The molecule has 0 saturated heterocycles. The molecule has 0 aromatic carbocycles. The Hall–Kier alpha value is -0.550. The van der Waals surface area contributed by atoms with Gasteiger partial charge in [-0.25, -0.2) is 0 Å². The Morgan fingerprint density at radius 2 is 2.17 bits per heavy atom. The van der Waals surface area contributed by atoms with Crippen molar-refractivity contribution in [2.75, 3.05) is 13.1 Å². The number of hydrogen-bond donors (Lipinski definition) is 0. The first kappa shape index (κ1) is 9.54. The minimum Gasteiger partial charge on any atom is -0.300 e. The summed E-state index contributed by atoms with van der Waals surface area (Å²) in [4.78, 5) is 2.42. The van der Waals surface area contributed by atoms with Crippen molar-refractivity contribution in [1.82, 2.24) is 4.90 Å². The predicted molar refractivity (Wildman–Crippen MR) is 49.7 cm³/mol. The first-order chi connectivity index (χ1) is 5.74. The molecule has 1 rings (SSSR count). The van der Waals surface area contributed by atoms with E-state index in [4.69, 9.17) is 5.26 Å². The van der Waals surface area contributed by atoms with E-state index in [1.54, 1.807) is 0 Å². The molecule has 2 heteroatoms. The van der Waals surface area contributed by atoms with Crippen LogP contribution in [0.1, 0.15) is 33.1 Å². The van der Waals surface area contributed by atoms with E-state index in [0.717, 1.165) is 12.5 Å². The minimum atomic E-state index is 0.596. The summed E-state index contributed by atoms with van der Waals surface area (Å²) in [6.45, 7) is 6.57. The lowest BCUT2D eigenvalue weighted by molar-refractivity contribution is 0.217. The molecule has 0 unspecified atom stereocenters. The zero-order chi connectivity index (χ0) is 8.97. The van der Waals surface area contributed by atoms with Crippen molar-refractivity contribution in [2.24, 2.45) is 5.92 Å². The minimum absolute atomic E-state index is 0.596. The number of rotatable bonds is 5. The molecule has 0 aliphatic heterocycles. The van der Waals surface area contributed by atoms with Gasteiger partial charge >= 0.3 is 0 Å². The Bertz CT molecular complexity index is 165. The molecule has 0 amide bonds. The van der Waals surface area contributed by atoms with E-state index in [2.05, 4.69) is 24.8 Å². The van der Waals surface area contributed by atoms with Crippen LogP contribution in [0.15, 0.2) is 0 Å². The molecule has 0 radical (unpaired) electrons. The van der Waals surface area contributed by atoms with Crippen molar-refractivity contribution in [3.8, 4) is 6.07 Å². The summed E-state index contributed by atoms with van der Waals surface area (Å²) in [5, 5.41) is 8.47. The molecular weight excluding hydrogens is 148 g/mol. The molecule has 12 heavy (non-hydrogen) atoms. The summed E-state index contributed by atoms with van der Waals surface area (Å²) in [5.74, 6) is 0.936. The summed E-state index contributed by atoms with van der Waals surface area (Å²) < 4.78 is 0. The normalized spacial score (nSPS) is 16.9. The summed E-state index contributed by atoms with van der Waals surface area (Å²) in [5.41, 5.74) is 0. The highest BCUT2D eigenvalue weighted by molar-refractivity contribution is 4.81. The molecule has 1 fully saturated rings. The second-order valence-corrected chi connectivity index (χ2v) is 3.94. The van der Waals surface area contributed by atoms with Crippen LogP contribution in [0, 0.1) is 17.2 Å². The Morgan fingerprint density at radius 1 is 1.50 bits per heavy atom. The Labute approximate surface area is 75.2 Å². The zero-order valence-electron chi connectivity index (χ0n) is 8.08. The summed E-state index contributed by atoms with van der Waals surface area (Å²) >= 11 is 0. The quantitative estimate of drug-likeness (QED) is 0.624. The smallest absolute Gasteiger partial charge is 0.0635 e. The van der Waals surface area contributed by atoms with Crippen molar-refractivity contribution < 1.29 is 0 Å². The SMILES string of the molecule is CC(C)N(CCC#N)CC1CC1. The third-order valence-electron chi connectivity index (χ3n) is 2.43. The van der Waals surface area contributed by atoms with Gasteiger partial charge in [0.1, 0.15) is 0 Å². The Morgan fingerprint density at radius 3 is 2.58 bits per heavy atom. The van der Waals surface area contributed by atoms with Gasteiger partial charge in [0.2, 0.25) is 0 Å². The van der Waals surface area contributed by atoms with Crippen LogP contribution in [0.5, 0.6) is 0 Å². The molecule has 2 nitrogen and oxygen atoms in total. The average molecular weight is 166 g/mol. The molecule has 1 aliphatic carbocycles. The van der Waals surface area contributed by atoms with E-state index < -0.39 is 0 Å². The van der Waals surface area contributed by atoms with E-state index in [1.807, 2.05) is 0 Å². The van der Waals surface area contributed by atoms with Gasteiger partial charge in [-0.3, -0.25) is 4.90 Å². The van der Waals surface area contributed by atoms with Crippen LogP contribution in [-0.2, 0) is 0 Å². The number of hydrogen-bond acceptors (Lipinski definition) is 2. The molecule has 0 bridgehead atoms. The first-order valence-electron chi connectivity index (χ1n) is 4.85. The molecule has 0 heterocycles. The highest BCUT2D eigenvalue weighted by Crippen LogP contribution is 2.30. The van der Waals surface area contributed by atoms with Crippen LogP contribution < -0.4 is 0 Å². The maximum absolute atomic E-state index is 8.47. The third-order valence-corrected chi connectivity index (χ3v) is 2.43. The topological polar surface area (TPSA) is 27.0 Å². The molecule has 1 saturated carbocycles. The van der Waals surface area contributed by atoms with Crippen LogP contribution in [0.4, 0.5) is 0 Å². The predicted octanol–water partition coefficient (Wildman–Crippen LogP) is 2.02. The van der Waals surface area contributed by atoms with Crippen molar-refractivity contribution in [1.29, 1.82) is 5.26 Å². The Kier molecular flexibility index (Phi) is 3.55. The molecule has 0 N–H and O–H groups in total. The van der Waals surface area contributed by atoms with Gasteiger partial charge in [0, 0.05) is 25.6 Å². The van der Waals surface area contributed by atoms with Gasteiger partial charge in [-0.15, -0.1) is 0 Å². The van der Waals surface area contributed by atoms with E-state index in [9.17, 15) is 0 Å². The maximum Gasteiger partial charge on any atom is 0.0635 e. The van der Waals surface area contributed by atoms with E-state index in [-0.39, 0.29) is 0 Å². The molecule has 0 spiro atoms. The molecule has 0 aromatic rings. The van der Waals surface area contributed by atoms with E-state index >= 15 is 0 Å². The molecule has 0 aromatic heterocycles. The van der Waals surface area contributed by atoms with Gasteiger partial charge in [-0.2, -0.15) is 5.26 Å². The van der Waals surface area contributed by atoms with E-state index in [1.165, 1.54) is 19.4 Å². The van der Waals surface area contributed by atoms with Crippen LogP contribution in [0.3, 0.4) is 0 Å². The summed E-state index contributed by atoms with van der Waals surface area (Å²) in [6, 6.07) is 2.80. The summed E-state index contributed by atoms with van der Waals surface area (Å²) in [6.07, 6.45) is 3.47. The average Bonchev–Trinajstić information content (AvgIpc) is 2.80. The fraction of sp³-hybridized carbons (Fsp3) is 0.900. The zero-order valence-corrected chi connectivity index (χ0v) is 8.08. The third kappa shape index (κ3) is 3.23. The lowest BCUT2D eigenvalue weighted by Crippen LogP contribution is -2.33. The van der Waals surface area contributed by atoms with Crippen molar-refractivity contribution in [2.45, 2.75) is 39.2 Å². The van der Waals surface area contributed by atoms with Crippen LogP contribution in [-0.4, -0.2) is 24.0 Å². The van der Waals surface area contributed by atoms with Gasteiger partial charge in [0.15, 0.2) is 0 Å². The van der Waals surface area contributed by atoms with E-state index in [0.29, 0.717) is 12.5 Å². The van der Waals surface area contributed by atoms with Gasteiger partial charge in [0.25, 0.3) is 0 Å². The van der Waals surface area contributed by atoms with Crippen molar-refractivity contribution in [3.63, 3.8) is 0 Å². The van der Waals surface area contributed by atoms with Crippen molar-refractivity contribution in [3.05, 3.63) is 0 Å². The lowest BCUT2D eigenvalue weighted by atomic mass is 10.2. The molecule has 68 valence electrons. The number of nitrogens with zero attached hydrogens (tertiary/aromatic N) is 2. The van der Waals surface area contributed by atoms with Crippen LogP contribution in [0.25, 0.3) is 0 Å². The lowest BCUT2D eigenvalue weighted by Gasteiger charge is -2.25. The van der Waals surface area contributed by atoms with Crippen LogP contribution >= 0.6 is 0 Å². The van der Waals surface area contributed by atoms with Crippen molar-refractivity contribution >= 4 is 0 Å². The second kappa shape index (κ2) is 4.47.